The molecule has 1 fully saturated rings. The summed E-state index contributed by atoms with van der Waals surface area (Å²) in [5.74, 6) is 0.0431. The van der Waals surface area contributed by atoms with Gasteiger partial charge in [-0.05, 0) is 26.2 Å². The normalized spacial score (nSPS) is 16.6. The van der Waals surface area contributed by atoms with Gasteiger partial charge in [0.1, 0.15) is 0 Å². The number of nitrogens with one attached hydrogen (secondary N) is 2. The van der Waals surface area contributed by atoms with Crippen molar-refractivity contribution in [2.24, 2.45) is 5.73 Å². The lowest BCUT2D eigenvalue weighted by molar-refractivity contribution is -0.123. The number of carbonyl (C=O) groups is 2. The van der Waals surface area contributed by atoms with Crippen LogP contribution in [0.15, 0.2) is 0 Å². The Morgan fingerprint density at radius 3 is 2.62 bits per heavy atom. The van der Waals surface area contributed by atoms with Gasteiger partial charge in [0.05, 0.1) is 0 Å². The molecule has 5 heteroatoms. The van der Waals surface area contributed by atoms with Crippen LogP contribution in [0.25, 0.3) is 0 Å². The predicted octanol–water partition coefficient (Wildman–Crippen LogP) is -0.101. The first kappa shape index (κ1) is 13.0. The Balaban J connectivity index is 1.93. The molecular formula is C11H21N3O2. The monoisotopic (exact) mass is 227 g/mol. The van der Waals surface area contributed by atoms with E-state index in [1.165, 1.54) is 0 Å². The van der Waals surface area contributed by atoms with E-state index in [-0.39, 0.29) is 17.9 Å². The minimum absolute atomic E-state index is 0.0439. The summed E-state index contributed by atoms with van der Waals surface area (Å²) in [5.41, 5.74) is 5.48. The average molecular weight is 227 g/mol. The number of hydrogen-bond donors (Lipinski definition) is 3. The zero-order valence-corrected chi connectivity index (χ0v) is 9.79. The topological polar surface area (TPSA) is 84.2 Å². The Morgan fingerprint density at radius 1 is 1.38 bits per heavy atom. The maximum atomic E-state index is 11.3. The fourth-order valence-corrected chi connectivity index (χ4v) is 1.37. The lowest BCUT2D eigenvalue weighted by atomic mass is 10.2. The Morgan fingerprint density at radius 2 is 2.06 bits per heavy atom. The van der Waals surface area contributed by atoms with Crippen molar-refractivity contribution < 1.29 is 9.59 Å². The van der Waals surface area contributed by atoms with Gasteiger partial charge < -0.3 is 16.4 Å². The van der Waals surface area contributed by atoms with E-state index in [0.717, 1.165) is 12.8 Å². The molecule has 0 aliphatic heterocycles. The molecule has 0 spiro atoms. The molecule has 1 atom stereocenters. The van der Waals surface area contributed by atoms with E-state index in [4.69, 9.17) is 5.73 Å². The van der Waals surface area contributed by atoms with Crippen molar-refractivity contribution in [3.05, 3.63) is 0 Å². The molecule has 0 aromatic heterocycles. The second-order valence-electron chi connectivity index (χ2n) is 4.48. The van der Waals surface area contributed by atoms with Crippen LogP contribution in [0, 0.1) is 0 Å². The van der Waals surface area contributed by atoms with Gasteiger partial charge in [-0.25, -0.2) is 0 Å². The van der Waals surface area contributed by atoms with Crippen LogP contribution in [0.4, 0.5) is 0 Å². The second kappa shape index (κ2) is 6.48. The van der Waals surface area contributed by atoms with Crippen LogP contribution >= 0.6 is 0 Å². The maximum Gasteiger partial charge on any atom is 0.221 e. The van der Waals surface area contributed by atoms with Crippen molar-refractivity contribution in [2.75, 3.05) is 6.54 Å². The van der Waals surface area contributed by atoms with E-state index in [1.807, 2.05) is 0 Å². The number of hydrogen-bond acceptors (Lipinski definition) is 3. The zero-order chi connectivity index (χ0) is 12.0. The first-order valence-electron chi connectivity index (χ1n) is 5.89. The van der Waals surface area contributed by atoms with Gasteiger partial charge in [-0.15, -0.1) is 0 Å². The molecule has 16 heavy (non-hydrogen) atoms. The van der Waals surface area contributed by atoms with Gasteiger partial charge in [-0.3, -0.25) is 9.59 Å². The quantitative estimate of drug-likeness (QED) is 0.531. The third kappa shape index (κ3) is 6.40. The summed E-state index contributed by atoms with van der Waals surface area (Å²) in [7, 11) is 0. The second-order valence-corrected chi connectivity index (χ2v) is 4.48. The number of nitrogens with two attached hydrogens (primary N) is 1. The fourth-order valence-electron chi connectivity index (χ4n) is 1.37. The Hall–Kier alpha value is -1.10. The highest BCUT2D eigenvalue weighted by Gasteiger charge is 2.22. The van der Waals surface area contributed by atoms with E-state index in [2.05, 4.69) is 10.6 Å². The molecule has 0 aromatic carbocycles. The minimum atomic E-state index is -0.113. The van der Waals surface area contributed by atoms with Gasteiger partial charge >= 0.3 is 0 Å². The first-order valence-corrected chi connectivity index (χ1v) is 5.89. The Bertz CT molecular complexity index is 232. The van der Waals surface area contributed by atoms with Gasteiger partial charge in [-0.2, -0.15) is 0 Å². The van der Waals surface area contributed by atoms with Crippen LogP contribution in [-0.4, -0.2) is 30.4 Å². The van der Waals surface area contributed by atoms with E-state index in [0.29, 0.717) is 31.8 Å². The molecule has 1 unspecified atom stereocenters. The smallest absolute Gasteiger partial charge is 0.221 e. The summed E-state index contributed by atoms with van der Waals surface area (Å²) in [6, 6.07) is 0.304. The maximum absolute atomic E-state index is 11.3. The molecule has 0 radical (unpaired) electrons. The molecule has 2 amide bonds. The van der Waals surface area contributed by atoms with Crippen LogP contribution in [0.1, 0.15) is 39.0 Å². The zero-order valence-electron chi connectivity index (χ0n) is 9.79. The molecule has 0 heterocycles. The lowest BCUT2D eigenvalue weighted by Crippen LogP contribution is -2.31. The molecule has 1 rings (SSSR count). The highest BCUT2D eigenvalue weighted by atomic mass is 16.2. The van der Waals surface area contributed by atoms with Gasteiger partial charge in [0, 0.05) is 31.5 Å². The Labute approximate surface area is 96.1 Å². The molecule has 0 aromatic rings. The van der Waals surface area contributed by atoms with E-state index in [1.54, 1.807) is 6.92 Å². The van der Waals surface area contributed by atoms with Crippen molar-refractivity contribution >= 4 is 11.8 Å². The molecule has 0 saturated heterocycles. The highest BCUT2D eigenvalue weighted by molar-refractivity contribution is 5.77. The van der Waals surface area contributed by atoms with Crippen molar-refractivity contribution in [3.63, 3.8) is 0 Å². The van der Waals surface area contributed by atoms with Crippen molar-refractivity contribution in [2.45, 2.75) is 51.1 Å². The van der Waals surface area contributed by atoms with Crippen LogP contribution < -0.4 is 16.4 Å². The van der Waals surface area contributed by atoms with Crippen LogP contribution in [0.5, 0.6) is 0 Å². The summed E-state index contributed by atoms with van der Waals surface area (Å²) in [5, 5.41) is 5.64. The number of rotatable bonds is 7. The molecule has 92 valence electrons. The summed E-state index contributed by atoms with van der Waals surface area (Å²) in [6.45, 7) is 2.34. The number of amides is 2. The molecule has 1 aliphatic rings. The third-order valence-electron chi connectivity index (χ3n) is 2.35. The fraction of sp³-hybridized carbons (Fsp3) is 0.818. The van der Waals surface area contributed by atoms with Gasteiger partial charge in [-0.1, -0.05) is 0 Å². The molecular weight excluding hydrogens is 206 g/mol. The number of carbonyl (C=O) groups excluding carboxylic acids is 2. The van der Waals surface area contributed by atoms with Gasteiger partial charge in [0.25, 0.3) is 0 Å². The summed E-state index contributed by atoms with van der Waals surface area (Å²) >= 11 is 0. The van der Waals surface area contributed by atoms with Crippen LogP contribution in [-0.2, 0) is 9.59 Å². The summed E-state index contributed by atoms with van der Waals surface area (Å²) in [6.07, 6.45) is 3.72. The van der Waals surface area contributed by atoms with Crippen molar-refractivity contribution in [1.82, 2.24) is 10.6 Å². The van der Waals surface area contributed by atoms with Crippen LogP contribution in [0.3, 0.4) is 0 Å². The van der Waals surface area contributed by atoms with Crippen molar-refractivity contribution in [1.29, 1.82) is 0 Å². The SMILES string of the molecule is CC(N)CC(=O)NCCCC(=O)NC1CC1. The van der Waals surface area contributed by atoms with Gasteiger partial charge in [0.2, 0.25) is 11.8 Å². The van der Waals surface area contributed by atoms with Crippen LogP contribution in [0.2, 0.25) is 0 Å². The Kier molecular flexibility index (Phi) is 5.25. The first-order chi connectivity index (χ1) is 7.58. The average Bonchev–Trinajstić information content (AvgIpc) is 2.95. The minimum Gasteiger partial charge on any atom is -0.356 e. The van der Waals surface area contributed by atoms with Gasteiger partial charge in [0.15, 0.2) is 0 Å². The summed E-state index contributed by atoms with van der Waals surface area (Å²) < 4.78 is 0. The summed E-state index contributed by atoms with van der Waals surface area (Å²) in [4.78, 5) is 22.5. The lowest BCUT2D eigenvalue weighted by Gasteiger charge is -2.07. The highest BCUT2D eigenvalue weighted by Crippen LogP contribution is 2.18. The standard InChI is InChI=1S/C11H21N3O2/c1-8(12)7-11(16)13-6-2-3-10(15)14-9-4-5-9/h8-9H,2-7,12H2,1H3,(H,13,16)(H,14,15). The van der Waals surface area contributed by atoms with E-state index >= 15 is 0 Å². The van der Waals surface area contributed by atoms with E-state index in [9.17, 15) is 9.59 Å². The predicted molar refractivity (Wildman–Crippen MR) is 61.7 cm³/mol. The third-order valence-corrected chi connectivity index (χ3v) is 2.35. The van der Waals surface area contributed by atoms with Crippen molar-refractivity contribution in [3.8, 4) is 0 Å². The molecule has 4 N–H and O–H groups in total. The van der Waals surface area contributed by atoms with E-state index < -0.39 is 0 Å². The largest absolute Gasteiger partial charge is 0.356 e. The molecule has 5 nitrogen and oxygen atoms in total. The molecule has 1 saturated carbocycles. The molecule has 0 bridgehead atoms. The molecule has 1 aliphatic carbocycles.